The Labute approximate surface area is 149 Å². The number of carbonyl (C=O) groups excluding carboxylic acids is 1. The Morgan fingerprint density at radius 3 is 2.40 bits per heavy atom. The molecule has 1 aliphatic heterocycles. The molecule has 0 aliphatic carbocycles. The predicted octanol–water partition coefficient (Wildman–Crippen LogP) is 1.44. The van der Waals surface area contributed by atoms with Crippen molar-refractivity contribution in [3.63, 3.8) is 0 Å². The largest absolute Gasteiger partial charge is 0.368 e. The standard InChI is InChI=1S/C18H28FN5O/c1-14(2)22-18(20-3)21-9-8-17(25)24-12-10-23(11-13-24)16-6-4-15(19)5-7-16/h4-7,14H,8-13H2,1-3H3,(H2,20,21,22). The zero-order chi connectivity index (χ0) is 18.2. The van der Waals surface area contributed by atoms with E-state index in [2.05, 4.69) is 20.5 Å². The molecular weight excluding hydrogens is 321 g/mol. The second kappa shape index (κ2) is 9.25. The molecule has 6 nitrogen and oxygen atoms in total. The number of hydrogen-bond donors (Lipinski definition) is 2. The first-order valence-electron chi connectivity index (χ1n) is 8.75. The minimum Gasteiger partial charge on any atom is -0.368 e. The Morgan fingerprint density at radius 2 is 1.84 bits per heavy atom. The van der Waals surface area contributed by atoms with Crippen molar-refractivity contribution in [1.82, 2.24) is 15.5 Å². The predicted molar refractivity (Wildman–Crippen MR) is 99.4 cm³/mol. The number of amides is 1. The van der Waals surface area contributed by atoms with E-state index >= 15 is 0 Å². The summed E-state index contributed by atoms with van der Waals surface area (Å²) in [4.78, 5) is 20.5. The summed E-state index contributed by atoms with van der Waals surface area (Å²) in [7, 11) is 1.72. The van der Waals surface area contributed by atoms with Crippen LogP contribution >= 0.6 is 0 Å². The molecule has 1 heterocycles. The molecule has 1 aliphatic rings. The fourth-order valence-corrected chi connectivity index (χ4v) is 2.78. The number of anilines is 1. The number of halogens is 1. The van der Waals surface area contributed by atoms with E-state index in [9.17, 15) is 9.18 Å². The number of rotatable bonds is 5. The zero-order valence-corrected chi connectivity index (χ0v) is 15.3. The van der Waals surface area contributed by atoms with Crippen molar-refractivity contribution < 1.29 is 9.18 Å². The van der Waals surface area contributed by atoms with Gasteiger partial charge in [0.2, 0.25) is 5.91 Å². The van der Waals surface area contributed by atoms with E-state index < -0.39 is 0 Å². The van der Waals surface area contributed by atoms with Gasteiger partial charge < -0.3 is 20.4 Å². The summed E-state index contributed by atoms with van der Waals surface area (Å²) in [6, 6.07) is 6.79. The van der Waals surface area contributed by atoms with Crippen LogP contribution in [-0.2, 0) is 4.79 Å². The molecule has 0 unspecified atom stereocenters. The third-order valence-electron chi connectivity index (χ3n) is 4.10. The van der Waals surface area contributed by atoms with Crippen LogP contribution in [0.25, 0.3) is 0 Å². The van der Waals surface area contributed by atoms with Gasteiger partial charge in [-0.05, 0) is 38.1 Å². The fourth-order valence-electron chi connectivity index (χ4n) is 2.78. The van der Waals surface area contributed by atoms with Gasteiger partial charge in [0.05, 0.1) is 0 Å². The van der Waals surface area contributed by atoms with Crippen LogP contribution in [0.1, 0.15) is 20.3 Å². The van der Waals surface area contributed by atoms with E-state index in [4.69, 9.17) is 0 Å². The highest BCUT2D eigenvalue weighted by atomic mass is 19.1. The van der Waals surface area contributed by atoms with Gasteiger partial charge in [-0.1, -0.05) is 0 Å². The molecule has 2 N–H and O–H groups in total. The van der Waals surface area contributed by atoms with Gasteiger partial charge in [-0.2, -0.15) is 0 Å². The molecule has 0 spiro atoms. The normalized spacial score (nSPS) is 15.5. The lowest BCUT2D eigenvalue weighted by molar-refractivity contribution is -0.131. The smallest absolute Gasteiger partial charge is 0.224 e. The lowest BCUT2D eigenvalue weighted by Crippen LogP contribution is -2.49. The molecule has 1 amide bonds. The molecule has 0 radical (unpaired) electrons. The van der Waals surface area contributed by atoms with E-state index in [1.807, 2.05) is 18.7 Å². The third-order valence-corrected chi connectivity index (χ3v) is 4.10. The molecule has 25 heavy (non-hydrogen) atoms. The number of benzene rings is 1. The van der Waals surface area contributed by atoms with Crippen LogP contribution in [0, 0.1) is 5.82 Å². The Hall–Kier alpha value is -2.31. The number of piperazine rings is 1. The topological polar surface area (TPSA) is 60.0 Å². The van der Waals surface area contributed by atoms with Crippen molar-refractivity contribution in [2.45, 2.75) is 26.3 Å². The number of carbonyl (C=O) groups is 1. The van der Waals surface area contributed by atoms with Gasteiger partial charge in [-0.25, -0.2) is 4.39 Å². The van der Waals surface area contributed by atoms with Gasteiger partial charge in [0.25, 0.3) is 0 Å². The quantitative estimate of drug-likeness (QED) is 0.624. The molecule has 0 bridgehead atoms. The number of nitrogens with one attached hydrogen (secondary N) is 2. The van der Waals surface area contributed by atoms with Crippen LogP contribution in [0.15, 0.2) is 29.3 Å². The van der Waals surface area contributed by atoms with Crippen LogP contribution in [0.4, 0.5) is 10.1 Å². The van der Waals surface area contributed by atoms with Gasteiger partial charge in [0.15, 0.2) is 5.96 Å². The first-order valence-corrected chi connectivity index (χ1v) is 8.75. The maximum atomic E-state index is 13.0. The summed E-state index contributed by atoms with van der Waals surface area (Å²) >= 11 is 0. The van der Waals surface area contributed by atoms with Gasteiger partial charge in [-0.3, -0.25) is 9.79 Å². The number of nitrogens with zero attached hydrogens (tertiary/aromatic N) is 3. The maximum Gasteiger partial charge on any atom is 0.224 e. The minimum atomic E-state index is -0.230. The highest BCUT2D eigenvalue weighted by Gasteiger charge is 2.21. The highest BCUT2D eigenvalue weighted by Crippen LogP contribution is 2.17. The Bertz CT molecular complexity index is 580. The second-order valence-corrected chi connectivity index (χ2v) is 6.39. The molecule has 138 valence electrons. The van der Waals surface area contributed by atoms with Crippen LogP contribution in [0.2, 0.25) is 0 Å². The van der Waals surface area contributed by atoms with Gasteiger partial charge >= 0.3 is 0 Å². The van der Waals surface area contributed by atoms with Gasteiger partial charge in [-0.15, -0.1) is 0 Å². The number of hydrogen-bond acceptors (Lipinski definition) is 3. The summed E-state index contributed by atoms with van der Waals surface area (Å²) in [5, 5.41) is 6.35. The summed E-state index contributed by atoms with van der Waals surface area (Å²) in [6.07, 6.45) is 0.440. The number of guanidine groups is 1. The zero-order valence-electron chi connectivity index (χ0n) is 15.3. The molecule has 0 aromatic heterocycles. The molecule has 2 rings (SSSR count). The van der Waals surface area contributed by atoms with Crippen molar-refractivity contribution in [3.8, 4) is 0 Å². The minimum absolute atomic E-state index is 0.145. The average Bonchev–Trinajstić information content (AvgIpc) is 2.61. The number of aliphatic imine (C=N–C) groups is 1. The van der Waals surface area contributed by atoms with Gasteiger partial charge in [0, 0.05) is 57.9 Å². The summed E-state index contributed by atoms with van der Waals surface area (Å²) in [5.41, 5.74) is 0.999. The van der Waals surface area contributed by atoms with E-state index in [0.29, 0.717) is 38.1 Å². The average molecular weight is 349 g/mol. The maximum absolute atomic E-state index is 13.0. The SMILES string of the molecule is CN=C(NCCC(=O)N1CCN(c2ccc(F)cc2)CC1)NC(C)C. The van der Waals surface area contributed by atoms with E-state index in [1.165, 1.54) is 12.1 Å². The Morgan fingerprint density at radius 1 is 1.20 bits per heavy atom. The van der Waals surface area contributed by atoms with Crippen molar-refractivity contribution >= 4 is 17.6 Å². The highest BCUT2D eigenvalue weighted by molar-refractivity contribution is 5.81. The Kier molecular flexibility index (Phi) is 7.03. The second-order valence-electron chi connectivity index (χ2n) is 6.39. The van der Waals surface area contributed by atoms with Crippen LogP contribution < -0.4 is 15.5 Å². The molecule has 0 atom stereocenters. The van der Waals surface area contributed by atoms with Crippen LogP contribution in [0.5, 0.6) is 0 Å². The molecule has 1 saturated heterocycles. The Balaban J connectivity index is 1.73. The first kappa shape index (κ1) is 19.0. The summed E-state index contributed by atoms with van der Waals surface area (Å²) in [6.45, 7) is 7.55. The molecule has 1 aromatic rings. The van der Waals surface area contributed by atoms with Crippen molar-refractivity contribution in [2.24, 2.45) is 4.99 Å². The molecule has 1 aromatic carbocycles. The van der Waals surface area contributed by atoms with E-state index in [-0.39, 0.29) is 11.7 Å². The molecule has 0 saturated carbocycles. The third kappa shape index (κ3) is 5.92. The molecule has 1 fully saturated rings. The van der Waals surface area contributed by atoms with Crippen molar-refractivity contribution in [3.05, 3.63) is 30.1 Å². The van der Waals surface area contributed by atoms with Crippen molar-refractivity contribution in [1.29, 1.82) is 0 Å². The molecule has 7 heteroatoms. The van der Waals surface area contributed by atoms with Crippen LogP contribution in [-0.4, -0.2) is 62.6 Å². The summed E-state index contributed by atoms with van der Waals surface area (Å²) < 4.78 is 13.0. The van der Waals surface area contributed by atoms with Crippen molar-refractivity contribution in [2.75, 3.05) is 44.7 Å². The first-order chi connectivity index (χ1) is 12.0. The monoisotopic (exact) mass is 349 g/mol. The van der Waals surface area contributed by atoms with E-state index in [0.717, 1.165) is 18.8 Å². The van der Waals surface area contributed by atoms with E-state index in [1.54, 1.807) is 19.2 Å². The lowest BCUT2D eigenvalue weighted by Gasteiger charge is -2.36. The lowest BCUT2D eigenvalue weighted by atomic mass is 10.2. The van der Waals surface area contributed by atoms with Gasteiger partial charge in [0.1, 0.15) is 5.82 Å². The fraction of sp³-hybridized carbons (Fsp3) is 0.556. The molecular formula is C18H28FN5O. The van der Waals surface area contributed by atoms with Crippen LogP contribution in [0.3, 0.4) is 0 Å². The summed E-state index contributed by atoms with van der Waals surface area (Å²) in [5.74, 6) is 0.627.